The molecule has 106 valence electrons. The highest BCUT2D eigenvalue weighted by molar-refractivity contribution is 6.01. The van der Waals surface area contributed by atoms with E-state index in [-0.39, 0.29) is 17.7 Å². The van der Waals surface area contributed by atoms with Gasteiger partial charge in [-0.3, -0.25) is 19.3 Å². The van der Waals surface area contributed by atoms with Gasteiger partial charge in [0.15, 0.2) is 0 Å². The minimum atomic E-state index is -0.561. The Labute approximate surface area is 112 Å². The number of amides is 3. The van der Waals surface area contributed by atoms with Crippen LogP contribution in [0.15, 0.2) is 0 Å². The Balaban J connectivity index is 1.99. The largest absolute Gasteiger partial charge is 0.344 e. The number of carbonyl (C=O) groups is 3. The van der Waals surface area contributed by atoms with Crippen LogP contribution in [0.2, 0.25) is 0 Å². The van der Waals surface area contributed by atoms with Gasteiger partial charge in [-0.25, -0.2) is 0 Å². The van der Waals surface area contributed by atoms with Crippen molar-refractivity contribution in [3.05, 3.63) is 0 Å². The fourth-order valence-electron chi connectivity index (χ4n) is 2.63. The van der Waals surface area contributed by atoms with Crippen molar-refractivity contribution in [2.45, 2.75) is 38.6 Å². The van der Waals surface area contributed by atoms with E-state index in [4.69, 9.17) is 0 Å². The molecule has 2 fully saturated rings. The van der Waals surface area contributed by atoms with Crippen LogP contribution in [-0.4, -0.2) is 48.8 Å². The zero-order valence-electron chi connectivity index (χ0n) is 11.5. The molecular weight excluding hydrogens is 246 g/mol. The number of nitrogens with one attached hydrogen (secondary N) is 2. The van der Waals surface area contributed by atoms with Crippen LogP contribution < -0.4 is 10.6 Å². The first-order chi connectivity index (χ1) is 8.94. The van der Waals surface area contributed by atoms with E-state index < -0.39 is 11.5 Å². The van der Waals surface area contributed by atoms with Crippen molar-refractivity contribution in [1.29, 1.82) is 0 Å². The Kier molecular flexibility index (Phi) is 3.89. The lowest BCUT2D eigenvalue weighted by atomic mass is 9.81. The molecule has 19 heavy (non-hydrogen) atoms. The SMILES string of the molecule is CN1C(=O)CCC(NC(=O)C2(C)CCCNC2)C1=O. The van der Waals surface area contributed by atoms with Crippen LogP contribution in [0.4, 0.5) is 0 Å². The minimum Gasteiger partial charge on any atom is -0.344 e. The molecule has 0 radical (unpaired) electrons. The number of hydrogen-bond acceptors (Lipinski definition) is 4. The highest BCUT2D eigenvalue weighted by atomic mass is 16.2. The summed E-state index contributed by atoms with van der Waals surface area (Å²) in [6.07, 6.45) is 2.49. The van der Waals surface area contributed by atoms with E-state index in [0.29, 0.717) is 19.4 Å². The van der Waals surface area contributed by atoms with Crippen LogP contribution in [0.3, 0.4) is 0 Å². The van der Waals surface area contributed by atoms with Gasteiger partial charge in [0, 0.05) is 20.0 Å². The lowest BCUT2D eigenvalue weighted by molar-refractivity contribution is -0.150. The molecule has 2 rings (SSSR count). The number of hydrogen-bond donors (Lipinski definition) is 2. The number of carbonyl (C=O) groups excluding carboxylic acids is 3. The molecular formula is C13H21N3O3. The van der Waals surface area contributed by atoms with Gasteiger partial charge < -0.3 is 10.6 Å². The maximum absolute atomic E-state index is 12.3. The minimum absolute atomic E-state index is 0.0965. The first-order valence-electron chi connectivity index (χ1n) is 6.76. The van der Waals surface area contributed by atoms with E-state index in [1.165, 1.54) is 7.05 Å². The van der Waals surface area contributed by atoms with Gasteiger partial charge in [0.2, 0.25) is 11.8 Å². The number of likely N-dealkylation sites (tertiary alicyclic amines) is 1. The first kappa shape index (κ1) is 14.0. The molecule has 6 nitrogen and oxygen atoms in total. The lowest BCUT2D eigenvalue weighted by Gasteiger charge is -2.35. The van der Waals surface area contributed by atoms with Gasteiger partial charge in [-0.05, 0) is 32.7 Å². The van der Waals surface area contributed by atoms with Crippen molar-refractivity contribution in [1.82, 2.24) is 15.5 Å². The van der Waals surface area contributed by atoms with Crippen LogP contribution in [0.25, 0.3) is 0 Å². The lowest BCUT2D eigenvalue weighted by Crippen LogP contribution is -2.57. The van der Waals surface area contributed by atoms with E-state index in [2.05, 4.69) is 10.6 Å². The Bertz CT molecular complexity index is 402. The summed E-state index contributed by atoms with van der Waals surface area (Å²) in [7, 11) is 1.47. The van der Waals surface area contributed by atoms with Gasteiger partial charge in [-0.1, -0.05) is 0 Å². The molecule has 0 aromatic carbocycles. The summed E-state index contributed by atoms with van der Waals surface area (Å²) < 4.78 is 0. The highest BCUT2D eigenvalue weighted by Gasteiger charge is 2.39. The van der Waals surface area contributed by atoms with Gasteiger partial charge >= 0.3 is 0 Å². The molecule has 0 bridgehead atoms. The van der Waals surface area contributed by atoms with Crippen molar-refractivity contribution in [3.63, 3.8) is 0 Å². The van der Waals surface area contributed by atoms with Crippen molar-refractivity contribution in [2.24, 2.45) is 5.41 Å². The van der Waals surface area contributed by atoms with Gasteiger partial charge in [-0.2, -0.15) is 0 Å². The summed E-state index contributed by atoms with van der Waals surface area (Å²) in [6.45, 7) is 3.48. The van der Waals surface area contributed by atoms with Crippen LogP contribution in [0.5, 0.6) is 0 Å². The van der Waals surface area contributed by atoms with Crippen LogP contribution in [-0.2, 0) is 14.4 Å². The predicted molar refractivity (Wildman–Crippen MR) is 69.2 cm³/mol. The molecule has 2 heterocycles. The molecule has 2 saturated heterocycles. The molecule has 2 aliphatic heterocycles. The number of rotatable bonds is 2. The van der Waals surface area contributed by atoms with Gasteiger partial charge in [0.25, 0.3) is 5.91 Å². The number of nitrogens with zero attached hydrogens (tertiary/aromatic N) is 1. The van der Waals surface area contributed by atoms with Gasteiger partial charge in [-0.15, -0.1) is 0 Å². The smallest absolute Gasteiger partial charge is 0.251 e. The summed E-state index contributed by atoms with van der Waals surface area (Å²) in [6, 6.07) is -0.561. The van der Waals surface area contributed by atoms with Crippen molar-refractivity contribution < 1.29 is 14.4 Å². The molecule has 0 saturated carbocycles. The quantitative estimate of drug-likeness (QED) is 0.670. The third-order valence-corrected chi connectivity index (χ3v) is 4.10. The Morgan fingerprint density at radius 3 is 2.84 bits per heavy atom. The maximum atomic E-state index is 12.3. The normalized spacial score (nSPS) is 32.3. The molecule has 2 N–H and O–H groups in total. The second-order valence-corrected chi connectivity index (χ2v) is 5.70. The van der Waals surface area contributed by atoms with Crippen molar-refractivity contribution in [2.75, 3.05) is 20.1 Å². The zero-order chi connectivity index (χ0) is 14.0. The molecule has 2 unspecified atom stereocenters. The second-order valence-electron chi connectivity index (χ2n) is 5.70. The maximum Gasteiger partial charge on any atom is 0.251 e. The van der Waals surface area contributed by atoms with E-state index in [1.54, 1.807) is 0 Å². The van der Waals surface area contributed by atoms with Crippen LogP contribution >= 0.6 is 0 Å². The molecule has 0 aliphatic carbocycles. The summed E-state index contributed by atoms with van der Waals surface area (Å²) in [5.41, 5.74) is -0.460. The standard InChI is InChI=1S/C13H21N3O3/c1-13(6-3-7-14-8-13)12(19)15-9-4-5-10(17)16(2)11(9)18/h9,14H,3-8H2,1-2H3,(H,15,19). The van der Waals surface area contributed by atoms with E-state index in [9.17, 15) is 14.4 Å². The fourth-order valence-corrected chi connectivity index (χ4v) is 2.63. The number of imide groups is 1. The molecule has 6 heteroatoms. The van der Waals surface area contributed by atoms with E-state index >= 15 is 0 Å². The summed E-state index contributed by atoms with van der Waals surface area (Å²) in [5, 5.41) is 6.02. The first-order valence-corrected chi connectivity index (χ1v) is 6.76. The third kappa shape index (κ3) is 2.78. The summed E-state index contributed by atoms with van der Waals surface area (Å²) in [4.78, 5) is 36.7. The average Bonchev–Trinajstić information content (AvgIpc) is 2.40. The van der Waals surface area contributed by atoms with Gasteiger partial charge in [0.05, 0.1) is 5.41 Å². The summed E-state index contributed by atoms with van der Waals surface area (Å²) >= 11 is 0. The third-order valence-electron chi connectivity index (χ3n) is 4.10. The topological polar surface area (TPSA) is 78.5 Å². The van der Waals surface area contributed by atoms with E-state index in [0.717, 1.165) is 24.3 Å². The van der Waals surface area contributed by atoms with Crippen molar-refractivity contribution in [3.8, 4) is 0 Å². The average molecular weight is 267 g/mol. The van der Waals surface area contributed by atoms with Crippen LogP contribution in [0.1, 0.15) is 32.6 Å². The fraction of sp³-hybridized carbons (Fsp3) is 0.769. The van der Waals surface area contributed by atoms with E-state index in [1.807, 2.05) is 6.92 Å². The number of piperidine rings is 2. The molecule has 0 aromatic rings. The predicted octanol–water partition coefficient (Wildman–Crippen LogP) is -0.360. The molecule has 2 aliphatic rings. The molecule has 0 aromatic heterocycles. The molecule has 3 amide bonds. The highest BCUT2D eigenvalue weighted by Crippen LogP contribution is 2.26. The van der Waals surface area contributed by atoms with Gasteiger partial charge in [0.1, 0.15) is 6.04 Å². The summed E-state index contributed by atoms with van der Waals surface area (Å²) in [5.74, 6) is -0.584. The molecule has 0 spiro atoms. The second kappa shape index (κ2) is 5.28. The van der Waals surface area contributed by atoms with Crippen LogP contribution in [0, 0.1) is 5.41 Å². The van der Waals surface area contributed by atoms with Crippen molar-refractivity contribution >= 4 is 17.7 Å². The molecule has 2 atom stereocenters. The number of likely N-dealkylation sites (N-methyl/N-ethyl adjacent to an activating group) is 1. The monoisotopic (exact) mass is 267 g/mol. The Hall–Kier alpha value is -1.43. The zero-order valence-corrected chi connectivity index (χ0v) is 11.5. The Morgan fingerprint density at radius 2 is 2.21 bits per heavy atom. The Morgan fingerprint density at radius 1 is 1.47 bits per heavy atom.